The van der Waals surface area contributed by atoms with Crippen molar-refractivity contribution in [2.24, 2.45) is 0 Å². The van der Waals surface area contributed by atoms with E-state index in [1.54, 1.807) is 30.3 Å². The molecule has 1 aromatic carbocycles. The van der Waals surface area contributed by atoms with Crippen LogP contribution in [0, 0.1) is 11.3 Å². The van der Waals surface area contributed by atoms with E-state index in [-0.39, 0.29) is 0 Å². The molecule has 2 fully saturated rings. The lowest BCUT2D eigenvalue weighted by Gasteiger charge is -2.46. The molecular formula is C20H27NO11. The van der Waals surface area contributed by atoms with E-state index in [9.17, 15) is 41.0 Å². The molecule has 0 saturated carbocycles. The summed E-state index contributed by atoms with van der Waals surface area (Å²) in [6.45, 7) is -1.37. The minimum Gasteiger partial charge on any atom is -0.394 e. The third-order valence-corrected chi connectivity index (χ3v) is 5.45. The van der Waals surface area contributed by atoms with Crippen molar-refractivity contribution in [2.75, 3.05) is 13.2 Å². The number of hydrogen-bond donors (Lipinski definition) is 7. The summed E-state index contributed by atoms with van der Waals surface area (Å²) in [5.74, 6) is 0. The molecule has 2 aliphatic rings. The van der Waals surface area contributed by atoms with Gasteiger partial charge in [-0.3, -0.25) is 0 Å². The Morgan fingerprint density at radius 3 is 1.94 bits per heavy atom. The van der Waals surface area contributed by atoms with Gasteiger partial charge in [-0.05, 0) is 5.56 Å². The van der Waals surface area contributed by atoms with Crippen LogP contribution < -0.4 is 0 Å². The predicted molar refractivity (Wildman–Crippen MR) is 102 cm³/mol. The fraction of sp³-hybridized carbons (Fsp3) is 0.650. The smallest absolute Gasteiger partial charge is 0.189 e. The van der Waals surface area contributed by atoms with Crippen LogP contribution >= 0.6 is 0 Å². The van der Waals surface area contributed by atoms with Crippen LogP contribution in [0.3, 0.4) is 0 Å². The Balaban J connectivity index is 1.83. The number of aliphatic hydroxyl groups is 7. The topological polar surface area (TPSA) is 202 Å². The molecule has 11 atom stereocenters. The van der Waals surface area contributed by atoms with Crippen molar-refractivity contribution >= 4 is 0 Å². The number of nitrogens with zero attached hydrogens (tertiary/aromatic N) is 1. The lowest BCUT2D eigenvalue weighted by molar-refractivity contribution is -0.370. The Kier molecular flexibility index (Phi) is 8.50. The van der Waals surface area contributed by atoms with Gasteiger partial charge >= 0.3 is 0 Å². The largest absolute Gasteiger partial charge is 0.394 e. The Labute approximate surface area is 183 Å². The lowest BCUT2D eigenvalue weighted by atomic mass is 9.97. The van der Waals surface area contributed by atoms with E-state index in [0.717, 1.165) is 0 Å². The van der Waals surface area contributed by atoms with Crippen LogP contribution in [0.1, 0.15) is 11.7 Å². The van der Waals surface area contributed by atoms with Crippen LogP contribution in [0.4, 0.5) is 0 Å². The Bertz CT molecular complexity index is 760. The van der Waals surface area contributed by atoms with Crippen molar-refractivity contribution in [3.05, 3.63) is 35.9 Å². The fourth-order valence-corrected chi connectivity index (χ4v) is 3.59. The average molecular weight is 457 g/mol. The van der Waals surface area contributed by atoms with E-state index in [0.29, 0.717) is 5.56 Å². The van der Waals surface area contributed by atoms with Crippen molar-refractivity contribution in [2.45, 2.75) is 67.5 Å². The zero-order chi connectivity index (χ0) is 23.4. The van der Waals surface area contributed by atoms with Crippen molar-refractivity contribution < 1.29 is 54.7 Å². The van der Waals surface area contributed by atoms with Gasteiger partial charge in [-0.25, -0.2) is 0 Å². The normalized spacial score (nSPS) is 41.1. The highest BCUT2D eigenvalue weighted by Gasteiger charge is 2.51. The minimum absolute atomic E-state index is 0.464. The van der Waals surface area contributed by atoms with Crippen LogP contribution in [0.15, 0.2) is 30.3 Å². The van der Waals surface area contributed by atoms with Gasteiger partial charge < -0.3 is 54.7 Å². The van der Waals surface area contributed by atoms with Crippen LogP contribution in [0.5, 0.6) is 0 Å². The van der Waals surface area contributed by atoms with Gasteiger partial charge in [0.1, 0.15) is 48.8 Å². The molecule has 0 aromatic heterocycles. The van der Waals surface area contributed by atoms with Gasteiger partial charge in [0.15, 0.2) is 18.7 Å². The molecule has 2 aliphatic heterocycles. The van der Waals surface area contributed by atoms with Gasteiger partial charge in [0.25, 0.3) is 0 Å². The summed E-state index contributed by atoms with van der Waals surface area (Å²) in [4.78, 5) is 0. The number of benzene rings is 1. The SMILES string of the molecule is N#C[C@H](O[C@@H]1O[C@H](CO)[C@@H](O)[C@H](O)[C@H]1O[C@@H]1O[C@H](CO)[C@@H](O)[C@H](O)[C@H]1O)c1ccccc1. The quantitative estimate of drug-likeness (QED) is 0.218. The second-order valence-electron chi connectivity index (χ2n) is 7.56. The third-order valence-electron chi connectivity index (χ3n) is 5.45. The summed E-state index contributed by atoms with van der Waals surface area (Å²) >= 11 is 0. The van der Waals surface area contributed by atoms with Gasteiger partial charge in [-0.2, -0.15) is 5.26 Å². The predicted octanol–water partition coefficient (Wildman–Crippen LogP) is -3.11. The second-order valence-corrected chi connectivity index (χ2v) is 7.56. The molecule has 1 aromatic rings. The van der Waals surface area contributed by atoms with Gasteiger partial charge in [0.2, 0.25) is 0 Å². The number of rotatable bonds is 7. The first-order valence-corrected chi connectivity index (χ1v) is 10.0. The maximum atomic E-state index is 10.6. The first kappa shape index (κ1) is 24.9. The summed E-state index contributed by atoms with van der Waals surface area (Å²) in [5, 5.41) is 79.3. The standard InChI is InChI=1S/C20H27NO11/c21-6-10(9-4-2-1-3-5-9)29-20-18(16(27)14(25)12(8-23)31-20)32-19-17(28)15(26)13(24)11(7-22)30-19/h1-5,10-20,22-28H,7-8H2/t10-,11+,12+,13+,14+,15-,16-,17+,18+,19-,20+/m0/s1. The molecule has 2 saturated heterocycles. The van der Waals surface area contributed by atoms with E-state index in [1.165, 1.54) is 0 Å². The molecule has 178 valence electrons. The molecule has 2 heterocycles. The molecule has 0 amide bonds. The first-order valence-electron chi connectivity index (χ1n) is 10.0. The number of hydrogen-bond acceptors (Lipinski definition) is 12. The summed E-state index contributed by atoms with van der Waals surface area (Å²) in [6, 6.07) is 10.3. The Morgan fingerprint density at radius 1 is 0.812 bits per heavy atom. The van der Waals surface area contributed by atoms with Crippen molar-refractivity contribution in [3.8, 4) is 6.07 Å². The molecule has 32 heavy (non-hydrogen) atoms. The van der Waals surface area contributed by atoms with Crippen LogP contribution in [0.2, 0.25) is 0 Å². The van der Waals surface area contributed by atoms with Gasteiger partial charge in [-0.15, -0.1) is 0 Å². The van der Waals surface area contributed by atoms with Crippen LogP contribution in [-0.4, -0.2) is 110 Å². The minimum atomic E-state index is -1.78. The van der Waals surface area contributed by atoms with Gasteiger partial charge in [0, 0.05) is 0 Å². The van der Waals surface area contributed by atoms with Gasteiger partial charge in [-0.1, -0.05) is 30.3 Å². The molecule has 0 radical (unpaired) electrons. The number of nitriles is 1. The molecule has 0 bridgehead atoms. The monoisotopic (exact) mass is 457 g/mol. The van der Waals surface area contributed by atoms with Crippen LogP contribution in [0.25, 0.3) is 0 Å². The van der Waals surface area contributed by atoms with Gasteiger partial charge in [0.05, 0.1) is 19.3 Å². The Hall–Kier alpha value is -1.73. The van der Waals surface area contributed by atoms with E-state index in [1.807, 2.05) is 6.07 Å². The lowest BCUT2D eigenvalue weighted by Crippen LogP contribution is -2.64. The average Bonchev–Trinajstić information content (AvgIpc) is 2.82. The number of aliphatic hydroxyl groups excluding tert-OH is 7. The maximum Gasteiger partial charge on any atom is 0.189 e. The zero-order valence-electron chi connectivity index (χ0n) is 16.9. The molecule has 0 spiro atoms. The summed E-state index contributed by atoms with van der Waals surface area (Å²) < 4.78 is 22.0. The second kappa shape index (κ2) is 10.9. The summed E-state index contributed by atoms with van der Waals surface area (Å²) in [7, 11) is 0. The van der Waals surface area contributed by atoms with E-state index in [2.05, 4.69) is 0 Å². The van der Waals surface area contributed by atoms with Crippen molar-refractivity contribution in [3.63, 3.8) is 0 Å². The molecule has 0 unspecified atom stereocenters. The molecular weight excluding hydrogens is 430 g/mol. The summed E-state index contributed by atoms with van der Waals surface area (Å²) in [6.07, 6.45) is -16.9. The molecule has 12 heteroatoms. The van der Waals surface area contributed by atoms with Crippen molar-refractivity contribution in [1.29, 1.82) is 5.26 Å². The van der Waals surface area contributed by atoms with E-state index >= 15 is 0 Å². The highest BCUT2D eigenvalue weighted by atomic mass is 16.8. The molecule has 0 aliphatic carbocycles. The summed E-state index contributed by atoms with van der Waals surface area (Å²) in [5.41, 5.74) is 0.464. The van der Waals surface area contributed by atoms with E-state index < -0.39 is 80.7 Å². The van der Waals surface area contributed by atoms with E-state index in [4.69, 9.17) is 18.9 Å². The van der Waals surface area contributed by atoms with Crippen molar-refractivity contribution in [1.82, 2.24) is 0 Å². The molecule has 7 N–H and O–H groups in total. The highest BCUT2D eigenvalue weighted by Crippen LogP contribution is 2.32. The first-order chi connectivity index (χ1) is 15.3. The zero-order valence-corrected chi connectivity index (χ0v) is 16.9. The maximum absolute atomic E-state index is 10.6. The molecule has 12 nitrogen and oxygen atoms in total. The third kappa shape index (κ3) is 5.09. The fourth-order valence-electron chi connectivity index (χ4n) is 3.59. The highest BCUT2D eigenvalue weighted by molar-refractivity contribution is 5.22. The number of ether oxygens (including phenoxy) is 4. The Morgan fingerprint density at radius 2 is 1.38 bits per heavy atom. The van der Waals surface area contributed by atoms with Crippen LogP contribution in [-0.2, 0) is 18.9 Å². The molecule has 3 rings (SSSR count).